The Hall–Kier alpha value is -2.17. The van der Waals surface area contributed by atoms with Crippen LogP contribution in [0.15, 0.2) is 18.2 Å². The van der Waals surface area contributed by atoms with Crippen LogP contribution in [0.3, 0.4) is 0 Å². The number of nitrogens with zero attached hydrogens (tertiary/aromatic N) is 5. The molecule has 2 saturated heterocycles. The van der Waals surface area contributed by atoms with E-state index in [0.717, 1.165) is 50.3 Å². The van der Waals surface area contributed by atoms with E-state index < -0.39 is 24.9 Å². The van der Waals surface area contributed by atoms with E-state index in [4.69, 9.17) is 16.3 Å². The number of carbonyl (C=O) groups excluding carboxylic acids is 1. The van der Waals surface area contributed by atoms with Crippen LogP contribution in [0, 0.1) is 10.8 Å². The Bertz CT molecular complexity index is 1250. The molecule has 0 atom stereocenters. The summed E-state index contributed by atoms with van der Waals surface area (Å²) in [5.74, 6) is 1.71. The molecule has 0 unspecified atom stereocenters. The van der Waals surface area contributed by atoms with E-state index in [0.29, 0.717) is 16.4 Å². The van der Waals surface area contributed by atoms with Gasteiger partial charge in [0.15, 0.2) is 11.4 Å². The van der Waals surface area contributed by atoms with Gasteiger partial charge in [0.05, 0.1) is 25.4 Å². The van der Waals surface area contributed by atoms with Crippen LogP contribution >= 0.6 is 11.6 Å². The second kappa shape index (κ2) is 7.23. The van der Waals surface area contributed by atoms with Gasteiger partial charge in [0.25, 0.3) is 0 Å². The summed E-state index contributed by atoms with van der Waals surface area (Å²) in [5, 5.41) is 9.35. The molecule has 2 aliphatic carbocycles. The summed E-state index contributed by atoms with van der Waals surface area (Å²) < 4.78 is 49.5. The number of carbonyl (C=O) groups is 1. The number of likely N-dealkylation sites (tertiary alicyclic amines) is 1. The van der Waals surface area contributed by atoms with Gasteiger partial charge in [0, 0.05) is 41.4 Å². The molecule has 3 aliphatic heterocycles. The van der Waals surface area contributed by atoms with Crippen molar-refractivity contribution in [1.82, 2.24) is 24.6 Å². The van der Waals surface area contributed by atoms with Crippen molar-refractivity contribution in [3.8, 4) is 5.69 Å². The summed E-state index contributed by atoms with van der Waals surface area (Å²) in [6.45, 7) is 2.92. The first-order valence-electron chi connectivity index (χ1n) is 12.4. The van der Waals surface area contributed by atoms with E-state index in [1.54, 1.807) is 12.1 Å². The average Bonchev–Trinajstić information content (AvgIpc) is 3.37. The molecule has 2 saturated carbocycles. The van der Waals surface area contributed by atoms with E-state index in [1.165, 1.54) is 4.90 Å². The highest BCUT2D eigenvalue weighted by Gasteiger charge is 2.64. The molecule has 7 nitrogen and oxygen atoms in total. The maximum Gasteiger partial charge on any atom is 0.411 e. The molecule has 4 fully saturated rings. The molecular weight excluding hydrogens is 495 g/mol. The number of ether oxygens (including phenoxy) is 1. The van der Waals surface area contributed by atoms with Crippen LogP contribution in [0.4, 0.5) is 13.2 Å². The summed E-state index contributed by atoms with van der Waals surface area (Å²) in [5.41, 5.74) is -0.576. The second-order valence-electron chi connectivity index (χ2n) is 11.8. The largest absolute Gasteiger partial charge is 0.411 e. The van der Waals surface area contributed by atoms with E-state index >= 15 is 0 Å². The number of amides is 1. The summed E-state index contributed by atoms with van der Waals surface area (Å²) >= 11 is 6.27. The number of benzene rings is 1. The molecule has 36 heavy (non-hydrogen) atoms. The third kappa shape index (κ3) is 3.16. The smallest absolute Gasteiger partial charge is 0.377 e. The number of alkyl halides is 3. The Labute approximate surface area is 211 Å². The van der Waals surface area contributed by atoms with Gasteiger partial charge in [0.2, 0.25) is 5.91 Å². The predicted molar refractivity (Wildman–Crippen MR) is 124 cm³/mol. The van der Waals surface area contributed by atoms with Crippen molar-refractivity contribution in [2.24, 2.45) is 10.8 Å². The molecule has 1 aromatic carbocycles. The van der Waals surface area contributed by atoms with Gasteiger partial charge in [-0.2, -0.15) is 13.2 Å². The van der Waals surface area contributed by atoms with E-state index in [1.807, 2.05) is 22.5 Å². The number of fused-ring (bicyclic) bond motifs is 3. The quantitative estimate of drug-likeness (QED) is 0.609. The minimum absolute atomic E-state index is 0.0148. The molecule has 1 aromatic heterocycles. The zero-order chi connectivity index (χ0) is 25.1. The predicted octanol–water partition coefficient (Wildman–Crippen LogP) is 4.07. The Morgan fingerprint density at radius 1 is 1.14 bits per heavy atom. The fourth-order valence-corrected chi connectivity index (χ4v) is 6.73. The standard InChI is InChI=1S/C25H27ClF3N5O2/c1-22(4-5-22)21(35)32-11-23(12-32)7-16(8-23)20-31-30-19-10-33(24(13-36-14-24)25(27,28)29)9-15-6-17(26)2-3-18(15)34(19)20/h2-3,6,16H,4-5,7-14H2,1H3. The molecule has 11 heteroatoms. The lowest BCUT2D eigenvalue weighted by atomic mass is 9.57. The Kier molecular flexibility index (Phi) is 4.62. The highest BCUT2D eigenvalue weighted by Crippen LogP contribution is 2.58. The number of rotatable bonds is 3. The van der Waals surface area contributed by atoms with Crippen LogP contribution < -0.4 is 0 Å². The molecule has 7 rings (SSSR count). The maximum atomic E-state index is 14.2. The topological polar surface area (TPSA) is 63.5 Å². The fraction of sp³-hybridized carbons (Fsp3) is 0.640. The van der Waals surface area contributed by atoms with Crippen LogP contribution in [-0.2, 0) is 22.6 Å². The van der Waals surface area contributed by atoms with Gasteiger partial charge in [-0.25, -0.2) is 0 Å². The van der Waals surface area contributed by atoms with Crippen LogP contribution in [0.2, 0.25) is 5.02 Å². The van der Waals surface area contributed by atoms with Crippen molar-refractivity contribution in [2.75, 3.05) is 26.3 Å². The van der Waals surface area contributed by atoms with Crippen molar-refractivity contribution in [3.05, 3.63) is 40.4 Å². The number of hydrogen-bond donors (Lipinski definition) is 0. The van der Waals surface area contributed by atoms with Crippen molar-refractivity contribution < 1.29 is 22.7 Å². The summed E-state index contributed by atoms with van der Waals surface area (Å²) in [7, 11) is 0. The SMILES string of the molecule is CC1(C(=O)N2CC3(CC(c4nnc5n4-c4ccc(Cl)cc4CN(C4(C(F)(F)F)COC4)C5)C3)C2)CC1. The first-order chi connectivity index (χ1) is 17.0. The van der Waals surface area contributed by atoms with Crippen molar-refractivity contribution in [1.29, 1.82) is 0 Å². The minimum Gasteiger partial charge on any atom is -0.377 e. The molecule has 1 amide bonds. The highest BCUT2D eigenvalue weighted by atomic mass is 35.5. The third-order valence-corrected chi connectivity index (χ3v) is 9.36. The zero-order valence-electron chi connectivity index (χ0n) is 19.9. The van der Waals surface area contributed by atoms with Crippen LogP contribution in [0.25, 0.3) is 5.69 Å². The van der Waals surface area contributed by atoms with Crippen molar-refractivity contribution in [2.45, 2.75) is 63.3 Å². The lowest BCUT2D eigenvalue weighted by Crippen LogP contribution is -2.69. The molecule has 0 N–H and O–H groups in total. The molecule has 192 valence electrons. The van der Waals surface area contributed by atoms with Gasteiger partial charge in [-0.15, -0.1) is 10.2 Å². The lowest BCUT2D eigenvalue weighted by molar-refractivity contribution is -0.310. The summed E-state index contributed by atoms with van der Waals surface area (Å²) in [6.07, 6.45) is -0.678. The first-order valence-corrected chi connectivity index (χ1v) is 12.8. The van der Waals surface area contributed by atoms with Crippen molar-refractivity contribution >= 4 is 17.5 Å². The number of aromatic nitrogens is 3. The van der Waals surface area contributed by atoms with E-state index in [-0.39, 0.29) is 35.7 Å². The van der Waals surface area contributed by atoms with Gasteiger partial charge in [-0.1, -0.05) is 18.5 Å². The lowest BCUT2D eigenvalue weighted by Gasteiger charge is -2.59. The van der Waals surface area contributed by atoms with E-state index in [9.17, 15) is 18.0 Å². The van der Waals surface area contributed by atoms with Crippen LogP contribution in [0.1, 0.15) is 55.7 Å². The number of hydrogen-bond acceptors (Lipinski definition) is 5. The van der Waals surface area contributed by atoms with Crippen LogP contribution in [-0.4, -0.2) is 68.5 Å². The van der Waals surface area contributed by atoms with Gasteiger partial charge in [-0.3, -0.25) is 14.3 Å². The third-order valence-electron chi connectivity index (χ3n) is 9.13. The molecule has 0 bridgehead atoms. The highest BCUT2D eigenvalue weighted by molar-refractivity contribution is 6.30. The van der Waals surface area contributed by atoms with Gasteiger partial charge < -0.3 is 9.64 Å². The maximum absolute atomic E-state index is 14.2. The Balaban J connectivity index is 1.17. The Morgan fingerprint density at radius 2 is 1.86 bits per heavy atom. The second-order valence-corrected chi connectivity index (χ2v) is 12.2. The number of halogens is 4. The zero-order valence-corrected chi connectivity index (χ0v) is 20.7. The Morgan fingerprint density at radius 3 is 2.47 bits per heavy atom. The van der Waals surface area contributed by atoms with Crippen molar-refractivity contribution in [3.63, 3.8) is 0 Å². The molecule has 4 heterocycles. The molecule has 1 spiro atoms. The van der Waals surface area contributed by atoms with Gasteiger partial charge in [-0.05, 0) is 49.4 Å². The summed E-state index contributed by atoms with van der Waals surface area (Å²) in [4.78, 5) is 16.1. The fourth-order valence-electron chi connectivity index (χ4n) is 6.53. The molecular formula is C25H27ClF3N5O2. The molecule has 0 radical (unpaired) electrons. The van der Waals surface area contributed by atoms with Gasteiger partial charge >= 0.3 is 6.18 Å². The van der Waals surface area contributed by atoms with E-state index in [2.05, 4.69) is 10.2 Å². The van der Waals surface area contributed by atoms with Gasteiger partial charge in [0.1, 0.15) is 5.82 Å². The molecule has 2 aromatic rings. The average molecular weight is 522 g/mol. The monoisotopic (exact) mass is 521 g/mol. The van der Waals surface area contributed by atoms with Crippen LogP contribution in [0.5, 0.6) is 0 Å². The minimum atomic E-state index is -4.44. The normalized spacial score (nSPS) is 25.8. The molecule has 5 aliphatic rings. The first kappa shape index (κ1) is 23.0. The summed E-state index contributed by atoms with van der Waals surface area (Å²) in [6, 6.07) is 5.35.